The maximum Gasteiger partial charge on any atom is 0.332 e. The molecule has 0 aromatic heterocycles. The Kier molecular flexibility index (Phi) is 7.67. The lowest BCUT2D eigenvalue weighted by Crippen LogP contribution is -2.53. The summed E-state index contributed by atoms with van der Waals surface area (Å²) in [6.45, 7) is 4.46. The smallest absolute Gasteiger partial charge is 0.332 e. The molecular formula is C18H24N6O6. The van der Waals surface area contributed by atoms with Gasteiger partial charge in [0.2, 0.25) is 11.9 Å². The average molecular weight is 420 g/mol. The summed E-state index contributed by atoms with van der Waals surface area (Å²) in [6.07, 6.45) is 3.28. The number of carbonyl (C=O) groups is 4. The number of hydrazine groups is 1. The second kappa shape index (κ2) is 10.2. The van der Waals surface area contributed by atoms with Gasteiger partial charge >= 0.3 is 11.9 Å². The van der Waals surface area contributed by atoms with Crippen LogP contribution in [0.2, 0.25) is 0 Å². The van der Waals surface area contributed by atoms with Crippen LogP contribution < -0.4 is 10.9 Å². The van der Waals surface area contributed by atoms with Gasteiger partial charge in [-0.2, -0.15) is 0 Å². The van der Waals surface area contributed by atoms with Crippen LogP contribution in [-0.4, -0.2) is 72.8 Å². The molecule has 2 amide bonds. The van der Waals surface area contributed by atoms with Gasteiger partial charge in [0.1, 0.15) is 11.4 Å². The summed E-state index contributed by atoms with van der Waals surface area (Å²) in [6, 6.07) is 0. The molecule has 0 unspecified atom stereocenters. The van der Waals surface area contributed by atoms with Crippen molar-refractivity contribution in [3.63, 3.8) is 0 Å². The largest absolute Gasteiger partial charge is 0.466 e. The number of amides is 2. The van der Waals surface area contributed by atoms with Gasteiger partial charge in [0.05, 0.1) is 26.4 Å². The van der Waals surface area contributed by atoms with E-state index in [0.29, 0.717) is 25.9 Å². The molecule has 12 heteroatoms. The summed E-state index contributed by atoms with van der Waals surface area (Å²) in [5, 5.41) is 0. The molecule has 2 heterocycles. The summed E-state index contributed by atoms with van der Waals surface area (Å²) in [7, 11) is 2.40. The molecule has 162 valence electrons. The predicted molar refractivity (Wildman–Crippen MR) is 105 cm³/mol. The van der Waals surface area contributed by atoms with Gasteiger partial charge in [-0.25, -0.2) is 19.6 Å². The number of methoxy groups -OCH3 is 2. The number of hydrogen-bond acceptors (Lipinski definition) is 10. The molecule has 0 saturated heterocycles. The molecule has 0 aromatic rings. The average Bonchev–Trinajstić information content (AvgIpc) is 3.18. The predicted octanol–water partition coefficient (Wildman–Crippen LogP) is -0.589. The fourth-order valence-electron chi connectivity index (χ4n) is 2.61. The fourth-order valence-corrected chi connectivity index (χ4v) is 2.61. The molecule has 0 fully saturated rings. The third-order valence-electron chi connectivity index (χ3n) is 3.98. The molecule has 0 aliphatic carbocycles. The van der Waals surface area contributed by atoms with E-state index in [9.17, 15) is 19.2 Å². The highest BCUT2D eigenvalue weighted by molar-refractivity contribution is 6.15. The van der Waals surface area contributed by atoms with Crippen molar-refractivity contribution in [2.45, 2.75) is 26.7 Å². The minimum Gasteiger partial charge on any atom is -0.466 e. The monoisotopic (exact) mass is 420 g/mol. The van der Waals surface area contributed by atoms with Gasteiger partial charge in [-0.3, -0.25) is 30.2 Å². The van der Waals surface area contributed by atoms with Gasteiger partial charge in [0.25, 0.3) is 11.8 Å². The molecule has 30 heavy (non-hydrogen) atoms. The van der Waals surface area contributed by atoms with E-state index in [1.807, 2.05) is 13.8 Å². The number of hydrogen-bond donors (Lipinski definition) is 2. The third-order valence-corrected chi connectivity index (χ3v) is 3.98. The van der Waals surface area contributed by atoms with Crippen molar-refractivity contribution in [3.8, 4) is 0 Å². The molecule has 0 aromatic carbocycles. The lowest BCUT2D eigenvalue weighted by Gasteiger charge is -2.22. The van der Waals surface area contributed by atoms with Crippen LogP contribution in [0.15, 0.2) is 33.5 Å². The molecule has 0 atom stereocenters. The van der Waals surface area contributed by atoms with Crippen LogP contribution in [0.4, 0.5) is 0 Å². The summed E-state index contributed by atoms with van der Waals surface area (Å²) in [4.78, 5) is 58.8. The topological polar surface area (TPSA) is 142 Å². The van der Waals surface area contributed by atoms with Crippen molar-refractivity contribution in [1.29, 1.82) is 0 Å². The Balaban J connectivity index is 2.24. The molecule has 12 nitrogen and oxygen atoms in total. The zero-order chi connectivity index (χ0) is 22.3. The highest BCUT2D eigenvalue weighted by Gasteiger charge is 2.33. The van der Waals surface area contributed by atoms with Crippen LogP contribution in [0.25, 0.3) is 0 Å². The minimum atomic E-state index is -0.703. The first kappa shape index (κ1) is 22.6. The van der Waals surface area contributed by atoms with Crippen molar-refractivity contribution in [3.05, 3.63) is 23.5 Å². The van der Waals surface area contributed by atoms with Gasteiger partial charge in [0.15, 0.2) is 0 Å². The summed E-state index contributed by atoms with van der Waals surface area (Å²) >= 11 is 0. The Hall–Kier alpha value is -3.70. The highest BCUT2D eigenvalue weighted by Crippen LogP contribution is 2.16. The number of esters is 2. The molecule has 2 aliphatic rings. The number of guanidine groups is 2. The number of nitrogens with zero attached hydrogens (tertiary/aromatic N) is 4. The van der Waals surface area contributed by atoms with Gasteiger partial charge in [-0.1, -0.05) is 13.8 Å². The summed E-state index contributed by atoms with van der Waals surface area (Å²) in [5.41, 5.74) is 5.34. The summed E-state index contributed by atoms with van der Waals surface area (Å²) in [5.74, 6) is -2.07. The lowest BCUT2D eigenvalue weighted by atomic mass is 10.3. The Morgan fingerprint density at radius 3 is 1.50 bits per heavy atom. The van der Waals surface area contributed by atoms with Gasteiger partial charge in [0, 0.05) is 13.1 Å². The molecule has 2 rings (SSSR count). The minimum absolute atomic E-state index is 0.0827. The zero-order valence-electron chi connectivity index (χ0n) is 17.2. The van der Waals surface area contributed by atoms with Crippen molar-refractivity contribution in [2.75, 3.05) is 27.3 Å². The first-order valence-corrected chi connectivity index (χ1v) is 9.28. The molecule has 0 radical (unpaired) electrons. The number of nitrogens with one attached hydrogen (secondary N) is 2. The fraction of sp³-hybridized carbons (Fsp3) is 0.444. The van der Waals surface area contributed by atoms with Gasteiger partial charge < -0.3 is 9.47 Å². The van der Waals surface area contributed by atoms with Crippen LogP contribution in [0, 0.1) is 0 Å². The standard InChI is InChI=1S/C18H24N6O6/c1-5-7-23-15(27)11(9-13(25)29-3)19-17(23)21-22-18-20-12(10-14(26)30-4)16(28)24(18)8-6-2/h9-10H,5-8H2,1-4H3,(H,19,21)(H,20,22)/b11-9-,12-10-. The third kappa shape index (κ3) is 5.01. The second-order valence-corrected chi connectivity index (χ2v) is 6.14. The Morgan fingerprint density at radius 1 is 0.833 bits per heavy atom. The van der Waals surface area contributed by atoms with Crippen molar-refractivity contribution >= 4 is 35.7 Å². The Labute approximate surface area is 173 Å². The van der Waals surface area contributed by atoms with E-state index in [1.54, 1.807) is 0 Å². The molecule has 0 spiro atoms. The number of rotatable bonds is 6. The number of aliphatic imine (C=N–C) groups is 2. The number of ether oxygens (including phenoxy) is 2. The first-order valence-electron chi connectivity index (χ1n) is 9.28. The van der Waals surface area contributed by atoms with Crippen LogP contribution in [0.3, 0.4) is 0 Å². The van der Waals surface area contributed by atoms with Crippen molar-refractivity contribution < 1.29 is 28.7 Å². The van der Waals surface area contributed by atoms with E-state index in [0.717, 1.165) is 12.2 Å². The number of carbonyl (C=O) groups excluding carboxylic acids is 4. The van der Waals surface area contributed by atoms with Crippen LogP contribution in [0.1, 0.15) is 26.7 Å². The maximum atomic E-state index is 12.5. The van der Waals surface area contributed by atoms with E-state index in [2.05, 4.69) is 30.3 Å². The first-order chi connectivity index (χ1) is 14.4. The van der Waals surface area contributed by atoms with Crippen LogP contribution >= 0.6 is 0 Å². The molecular weight excluding hydrogens is 396 g/mol. The Morgan fingerprint density at radius 2 is 1.20 bits per heavy atom. The molecule has 0 saturated carbocycles. The molecule has 2 aliphatic heterocycles. The van der Waals surface area contributed by atoms with E-state index in [1.165, 1.54) is 24.0 Å². The van der Waals surface area contributed by atoms with E-state index in [4.69, 9.17) is 0 Å². The quantitative estimate of drug-likeness (QED) is 0.330. The highest BCUT2D eigenvalue weighted by atomic mass is 16.5. The molecule has 0 bridgehead atoms. The van der Waals surface area contributed by atoms with E-state index >= 15 is 0 Å². The zero-order valence-corrected chi connectivity index (χ0v) is 17.2. The van der Waals surface area contributed by atoms with E-state index < -0.39 is 23.8 Å². The SMILES string of the molecule is CCCN1C(=O)/C(=C/C(=O)OC)N=C1NNC1=N/C(=C\C(=O)OC)C(=O)N1CCC. The lowest BCUT2D eigenvalue weighted by molar-refractivity contribution is -0.136. The van der Waals surface area contributed by atoms with Crippen LogP contribution in [0.5, 0.6) is 0 Å². The molecule has 2 N–H and O–H groups in total. The van der Waals surface area contributed by atoms with Gasteiger partial charge in [-0.05, 0) is 12.8 Å². The van der Waals surface area contributed by atoms with Crippen LogP contribution in [-0.2, 0) is 28.7 Å². The Bertz CT molecular complexity index is 789. The normalized spacial score (nSPS) is 18.7. The van der Waals surface area contributed by atoms with Gasteiger partial charge in [-0.15, -0.1) is 0 Å². The van der Waals surface area contributed by atoms with E-state index in [-0.39, 0.29) is 23.3 Å². The maximum absolute atomic E-state index is 12.5. The second-order valence-electron chi connectivity index (χ2n) is 6.14. The van der Waals surface area contributed by atoms with Crippen molar-refractivity contribution in [1.82, 2.24) is 20.7 Å². The van der Waals surface area contributed by atoms with Crippen molar-refractivity contribution in [2.24, 2.45) is 9.98 Å². The summed E-state index contributed by atoms with van der Waals surface area (Å²) < 4.78 is 9.08.